The molecule has 5 heteroatoms. The molecular weight excluding hydrogens is 252 g/mol. The van der Waals surface area contributed by atoms with Crippen LogP contribution in [-0.2, 0) is 0 Å². The van der Waals surface area contributed by atoms with Crippen LogP contribution in [0.2, 0.25) is 5.15 Å². The summed E-state index contributed by atoms with van der Waals surface area (Å²) in [7, 11) is 0. The van der Waals surface area contributed by atoms with Crippen molar-refractivity contribution < 1.29 is 9.90 Å². The van der Waals surface area contributed by atoms with E-state index in [2.05, 4.69) is 4.98 Å². The summed E-state index contributed by atoms with van der Waals surface area (Å²) in [5.74, 6) is -0.0582. The molecule has 1 saturated heterocycles. The average Bonchev–Trinajstić information content (AvgIpc) is 2.33. The molecule has 18 heavy (non-hydrogen) atoms. The van der Waals surface area contributed by atoms with E-state index >= 15 is 0 Å². The number of aromatic nitrogens is 1. The van der Waals surface area contributed by atoms with Gasteiger partial charge in [-0.2, -0.15) is 0 Å². The number of aliphatic hydroxyl groups is 1. The lowest BCUT2D eigenvalue weighted by molar-refractivity contribution is 0.00591. The van der Waals surface area contributed by atoms with Gasteiger partial charge in [-0.25, -0.2) is 4.98 Å². The van der Waals surface area contributed by atoms with Crippen LogP contribution in [0, 0.1) is 0 Å². The minimum Gasteiger partial charge on any atom is -0.389 e. The van der Waals surface area contributed by atoms with E-state index in [-0.39, 0.29) is 12.0 Å². The molecule has 0 unspecified atom stereocenters. The zero-order valence-corrected chi connectivity index (χ0v) is 10.3. The van der Waals surface area contributed by atoms with Gasteiger partial charge in [0.25, 0.3) is 5.91 Å². The number of benzene rings is 1. The predicted octanol–water partition coefficient (Wildman–Crippen LogP) is 1.70. The van der Waals surface area contributed by atoms with E-state index in [1.165, 1.54) is 0 Å². The maximum Gasteiger partial charge on any atom is 0.254 e. The Bertz CT molecular complexity index is 623. The lowest BCUT2D eigenvalue weighted by Gasteiger charge is -2.35. The Hall–Kier alpha value is -1.65. The van der Waals surface area contributed by atoms with Gasteiger partial charge in [0.05, 0.1) is 11.6 Å². The first-order valence-corrected chi connectivity index (χ1v) is 6.05. The van der Waals surface area contributed by atoms with E-state index in [1.54, 1.807) is 29.2 Å². The van der Waals surface area contributed by atoms with Crippen LogP contribution in [0.15, 0.2) is 30.3 Å². The summed E-state index contributed by atoms with van der Waals surface area (Å²) in [5.41, 5.74) is 1.38. The van der Waals surface area contributed by atoms with Crippen molar-refractivity contribution in [3.8, 4) is 0 Å². The first kappa shape index (κ1) is 11.4. The lowest BCUT2D eigenvalue weighted by Crippen LogP contribution is -2.53. The molecule has 4 nitrogen and oxygen atoms in total. The van der Waals surface area contributed by atoms with Gasteiger partial charge >= 0.3 is 0 Å². The van der Waals surface area contributed by atoms with Crippen molar-refractivity contribution in [1.29, 1.82) is 0 Å². The fourth-order valence-corrected chi connectivity index (χ4v) is 2.19. The zero-order valence-electron chi connectivity index (χ0n) is 9.51. The second-order valence-corrected chi connectivity index (χ2v) is 4.79. The normalized spacial score (nSPS) is 15.8. The van der Waals surface area contributed by atoms with Gasteiger partial charge < -0.3 is 10.0 Å². The summed E-state index contributed by atoms with van der Waals surface area (Å²) >= 11 is 5.81. The number of β-amino-alcohol motifs (C(OH)–C–C–N with tert-alkyl or cyclic N) is 1. The molecule has 2 heterocycles. The van der Waals surface area contributed by atoms with Crippen molar-refractivity contribution in [3.63, 3.8) is 0 Å². The fraction of sp³-hybridized carbons (Fsp3) is 0.231. The Kier molecular flexibility index (Phi) is 2.69. The number of likely N-dealkylation sites (tertiary alicyclic amines) is 1. The fourth-order valence-electron chi connectivity index (χ4n) is 2.04. The topological polar surface area (TPSA) is 53.4 Å². The minimum atomic E-state index is -0.380. The van der Waals surface area contributed by atoms with Crippen LogP contribution in [0.4, 0.5) is 0 Å². The molecule has 3 rings (SSSR count). The van der Waals surface area contributed by atoms with Crippen LogP contribution >= 0.6 is 11.6 Å². The lowest BCUT2D eigenvalue weighted by atomic mass is 10.1. The smallest absolute Gasteiger partial charge is 0.254 e. The van der Waals surface area contributed by atoms with E-state index in [0.717, 1.165) is 10.9 Å². The number of carbonyl (C=O) groups is 1. The van der Waals surface area contributed by atoms with Gasteiger partial charge in [0.2, 0.25) is 0 Å². The molecule has 1 aromatic carbocycles. The molecule has 1 N–H and O–H groups in total. The predicted molar refractivity (Wildman–Crippen MR) is 68.7 cm³/mol. The van der Waals surface area contributed by atoms with E-state index in [0.29, 0.717) is 23.8 Å². The number of aliphatic hydroxyl groups excluding tert-OH is 1. The van der Waals surface area contributed by atoms with Crippen LogP contribution in [0.25, 0.3) is 10.9 Å². The second kappa shape index (κ2) is 4.23. The first-order valence-electron chi connectivity index (χ1n) is 5.67. The summed E-state index contributed by atoms with van der Waals surface area (Å²) in [5, 5.41) is 10.5. The molecule has 1 aliphatic rings. The highest BCUT2D eigenvalue weighted by Gasteiger charge is 2.29. The SMILES string of the molecule is O=C(c1ccc2nc(Cl)ccc2c1)N1CC(O)C1. The average molecular weight is 263 g/mol. The van der Waals surface area contributed by atoms with Gasteiger partial charge in [0, 0.05) is 24.0 Å². The number of fused-ring (bicyclic) bond motifs is 1. The third-order valence-corrected chi connectivity index (χ3v) is 3.26. The largest absolute Gasteiger partial charge is 0.389 e. The number of rotatable bonds is 1. The van der Waals surface area contributed by atoms with Crippen molar-refractivity contribution in [2.75, 3.05) is 13.1 Å². The molecule has 0 aliphatic carbocycles. The molecule has 0 bridgehead atoms. The number of nitrogens with zero attached hydrogens (tertiary/aromatic N) is 2. The highest BCUT2D eigenvalue weighted by Crippen LogP contribution is 2.19. The molecule has 1 aliphatic heterocycles. The molecular formula is C13H11ClN2O2. The van der Waals surface area contributed by atoms with Crippen molar-refractivity contribution >= 4 is 28.4 Å². The summed E-state index contributed by atoms with van der Waals surface area (Å²) in [6.07, 6.45) is -0.380. The Morgan fingerprint density at radius 3 is 2.83 bits per heavy atom. The van der Waals surface area contributed by atoms with Gasteiger partial charge in [0.1, 0.15) is 5.15 Å². The maximum absolute atomic E-state index is 12.1. The molecule has 1 fully saturated rings. The number of hydrogen-bond donors (Lipinski definition) is 1. The van der Waals surface area contributed by atoms with Gasteiger partial charge in [-0.05, 0) is 30.3 Å². The molecule has 0 atom stereocenters. The maximum atomic E-state index is 12.1. The van der Waals surface area contributed by atoms with E-state index < -0.39 is 0 Å². The van der Waals surface area contributed by atoms with Crippen LogP contribution < -0.4 is 0 Å². The third-order valence-electron chi connectivity index (χ3n) is 3.05. The molecule has 0 spiro atoms. The second-order valence-electron chi connectivity index (χ2n) is 4.41. The Balaban J connectivity index is 1.93. The number of halogens is 1. The zero-order chi connectivity index (χ0) is 12.7. The molecule has 2 aromatic rings. The van der Waals surface area contributed by atoms with Gasteiger partial charge in [-0.3, -0.25) is 4.79 Å². The summed E-state index contributed by atoms with van der Waals surface area (Å²) in [6.45, 7) is 0.825. The number of pyridine rings is 1. The van der Waals surface area contributed by atoms with Crippen LogP contribution in [-0.4, -0.2) is 40.1 Å². The third kappa shape index (κ3) is 1.94. The number of amides is 1. The van der Waals surface area contributed by atoms with E-state index in [9.17, 15) is 9.90 Å². The molecule has 92 valence electrons. The van der Waals surface area contributed by atoms with Crippen molar-refractivity contribution in [2.45, 2.75) is 6.10 Å². The minimum absolute atomic E-state index is 0.0582. The Morgan fingerprint density at radius 1 is 1.33 bits per heavy atom. The monoisotopic (exact) mass is 262 g/mol. The Labute approximate surface area is 109 Å². The van der Waals surface area contributed by atoms with E-state index in [4.69, 9.17) is 11.6 Å². The van der Waals surface area contributed by atoms with E-state index in [1.807, 2.05) is 6.07 Å². The molecule has 0 saturated carbocycles. The first-order chi connectivity index (χ1) is 8.63. The molecule has 0 radical (unpaired) electrons. The van der Waals surface area contributed by atoms with Crippen LogP contribution in [0.1, 0.15) is 10.4 Å². The summed E-state index contributed by atoms with van der Waals surface area (Å²) in [4.78, 5) is 17.8. The van der Waals surface area contributed by atoms with Gasteiger partial charge in [0.15, 0.2) is 0 Å². The molecule has 1 amide bonds. The molecule has 1 aromatic heterocycles. The van der Waals surface area contributed by atoms with Gasteiger partial charge in [-0.1, -0.05) is 11.6 Å². The number of hydrogen-bond acceptors (Lipinski definition) is 3. The van der Waals surface area contributed by atoms with Crippen molar-refractivity contribution in [1.82, 2.24) is 9.88 Å². The van der Waals surface area contributed by atoms with Crippen molar-refractivity contribution in [2.24, 2.45) is 0 Å². The van der Waals surface area contributed by atoms with Crippen LogP contribution in [0.3, 0.4) is 0 Å². The summed E-state index contributed by atoms with van der Waals surface area (Å²) in [6, 6.07) is 8.85. The quantitative estimate of drug-likeness (QED) is 0.796. The number of carbonyl (C=O) groups excluding carboxylic acids is 1. The summed E-state index contributed by atoms with van der Waals surface area (Å²) < 4.78 is 0. The Morgan fingerprint density at radius 2 is 2.11 bits per heavy atom. The van der Waals surface area contributed by atoms with Crippen molar-refractivity contribution in [3.05, 3.63) is 41.0 Å². The van der Waals surface area contributed by atoms with Gasteiger partial charge in [-0.15, -0.1) is 0 Å². The standard InChI is InChI=1S/C13H11ClN2O2/c14-12-4-2-8-5-9(1-3-11(8)15-12)13(18)16-6-10(17)7-16/h1-5,10,17H,6-7H2. The highest BCUT2D eigenvalue weighted by atomic mass is 35.5. The highest BCUT2D eigenvalue weighted by molar-refractivity contribution is 6.29. The van der Waals surface area contributed by atoms with Crippen LogP contribution in [0.5, 0.6) is 0 Å².